The van der Waals surface area contributed by atoms with Crippen LogP contribution in [0.3, 0.4) is 0 Å². The first-order chi connectivity index (χ1) is 6.31. The van der Waals surface area contributed by atoms with Crippen LogP contribution < -0.4 is 0 Å². The van der Waals surface area contributed by atoms with Gasteiger partial charge in [-0.15, -0.1) is 0 Å². The Morgan fingerprint density at radius 1 is 1.38 bits per heavy atom. The molecule has 0 aliphatic rings. The van der Waals surface area contributed by atoms with Gasteiger partial charge in [0.2, 0.25) is 0 Å². The summed E-state index contributed by atoms with van der Waals surface area (Å²) in [6.07, 6.45) is 1.71. The molecule has 0 aliphatic heterocycles. The Morgan fingerprint density at radius 3 is 3.00 bits per heavy atom. The van der Waals surface area contributed by atoms with E-state index in [1.165, 1.54) is 0 Å². The number of fused-ring (bicyclic) bond motifs is 1. The third-order valence-electron chi connectivity index (χ3n) is 1.97. The Kier molecular flexibility index (Phi) is 1.71. The summed E-state index contributed by atoms with van der Waals surface area (Å²) >= 11 is 0. The van der Waals surface area contributed by atoms with Crippen molar-refractivity contribution in [2.75, 3.05) is 0 Å². The van der Waals surface area contributed by atoms with E-state index < -0.39 is 0 Å². The van der Waals surface area contributed by atoms with Crippen molar-refractivity contribution in [2.45, 2.75) is 6.92 Å². The summed E-state index contributed by atoms with van der Waals surface area (Å²) in [7, 11) is 0. The minimum atomic E-state index is 0.649. The number of rotatable bonds is 0. The number of hydrogen-bond acceptors (Lipinski definition) is 2. The number of benzene rings is 1. The lowest BCUT2D eigenvalue weighted by Crippen LogP contribution is -1.85. The van der Waals surface area contributed by atoms with Crippen LogP contribution in [0.4, 0.5) is 0 Å². The van der Waals surface area contributed by atoms with Crippen LogP contribution in [0.25, 0.3) is 10.9 Å². The van der Waals surface area contributed by atoms with Gasteiger partial charge in [-0.25, -0.2) is 0 Å². The Hall–Kier alpha value is -1.88. The fourth-order valence-electron chi connectivity index (χ4n) is 1.43. The van der Waals surface area contributed by atoms with Crippen LogP contribution in [0.15, 0.2) is 30.5 Å². The lowest BCUT2D eigenvalue weighted by Gasteiger charge is -1.99. The van der Waals surface area contributed by atoms with Crippen molar-refractivity contribution in [3.05, 3.63) is 41.6 Å². The first-order valence-electron chi connectivity index (χ1n) is 4.07. The van der Waals surface area contributed by atoms with E-state index in [0.717, 1.165) is 16.5 Å². The standard InChI is InChI=1S/C11H8N2/c1-8-5-9-3-2-4-13-11(9)10(6-8)7-12/h2-6H,1H3. The van der Waals surface area contributed by atoms with E-state index in [1.54, 1.807) is 6.20 Å². The predicted molar refractivity (Wildman–Crippen MR) is 51.2 cm³/mol. The summed E-state index contributed by atoms with van der Waals surface area (Å²) in [5.74, 6) is 0. The third-order valence-corrected chi connectivity index (χ3v) is 1.97. The molecule has 2 rings (SSSR count). The molecule has 1 aromatic heterocycles. The van der Waals surface area contributed by atoms with E-state index in [-0.39, 0.29) is 0 Å². The highest BCUT2D eigenvalue weighted by molar-refractivity contribution is 5.84. The van der Waals surface area contributed by atoms with Crippen LogP contribution in [0.1, 0.15) is 11.1 Å². The fraction of sp³-hybridized carbons (Fsp3) is 0.0909. The Balaban J connectivity index is 2.91. The summed E-state index contributed by atoms with van der Waals surface area (Å²) in [6, 6.07) is 9.88. The third kappa shape index (κ3) is 1.25. The Bertz CT molecular complexity index is 495. The Morgan fingerprint density at radius 2 is 2.23 bits per heavy atom. The van der Waals surface area contributed by atoms with E-state index in [0.29, 0.717) is 5.56 Å². The molecule has 2 aromatic rings. The van der Waals surface area contributed by atoms with Crippen LogP contribution in [0.5, 0.6) is 0 Å². The second-order valence-electron chi connectivity index (χ2n) is 3.00. The minimum Gasteiger partial charge on any atom is -0.255 e. The number of nitriles is 1. The normalized spacial score (nSPS) is 9.85. The van der Waals surface area contributed by atoms with Gasteiger partial charge in [0.15, 0.2) is 0 Å². The van der Waals surface area contributed by atoms with Crippen LogP contribution in [-0.4, -0.2) is 4.98 Å². The summed E-state index contributed by atoms with van der Waals surface area (Å²) in [4.78, 5) is 4.17. The molecule has 13 heavy (non-hydrogen) atoms. The fourth-order valence-corrected chi connectivity index (χ4v) is 1.43. The smallest absolute Gasteiger partial charge is 0.101 e. The molecule has 0 spiro atoms. The molecule has 0 saturated carbocycles. The van der Waals surface area contributed by atoms with Gasteiger partial charge in [0.1, 0.15) is 6.07 Å². The van der Waals surface area contributed by atoms with Crippen molar-refractivity contribution in [3.8, 4) is 6.07 Å². The second-order valence-corrected chi connectivity index (χ2v) is 3.00. The van der Waals surface area contributed by atoms with Crippen molar-refractivity contribution < 1.29 is 0 Å². The van der Waals surface area contributed by atoms with Crippen molar-refractivity contribution in [1.82, 2.24) is 4.98 Å². The van der Waals surface area contributed by atoms with Gasteiger partial charge in [0.05, 0.1) is 11.1 Å². The maximum Gasteiger partial charge on any atom is 0.101 e. The zero-order chi connectivity index (χ0) is 9.26. The first kappa shape index (κ1) is 7.75. The van der Waals surface area contributed by atoms with Crippen LogP contribution in [-0.2, 0) is 0 Å². The molecule has 0 saturated heterocycles. The van der Waals surface area contributed by atoms with Gasteiger partial charge >= 0.3 is 0 Å². The highest BCUT2D eigenvalue weighted by Gasteiger charge is 2.01. The van der Waals surface area contributed by atoms with E-state index in [9.17, 15) is 0 Å². The van der Waals surface area contributed by atoms with E-state index >= 15 is 0 Å². The van der Waals surface area contributed by atoms with Gasteiger partial charge in [-0.1, -0.05) is 6.07 Å². The molecule has 1 aromatic carbocycles. The van der Waals surface area contributed by atoms with Crippen LogP contribution in [0, 0.1) is 18.3 Å². The topological polar surface area (TPSA) is 36.7 Å². The van der Waals surface area contributed by atoms with Crippen LogP contribution in [0.2, 0.25) is 0 Å². The first-order valence-corrected chi connectivity index (χ1v) is 4.07. The molecule has 0 unspecified atom stereocenters. The largest absolute Gasteiger partial charge is 0.255 e. The second kappa shape index (κ2) is 2.87. The van der Waals surface area contributed by atoms with E-state index in [1.807, 2.05) is 31.2 Å². The van der Waals surface area contributed by atoms with Crippen molar-refractivity contribution >= 4 is 10.9 Å². The molecule has 0 atom stereocenters. The number of hydrogen-bond donors (Lipinski definition) is 0. The molecular formula is C11H8N2. The van der Waals surface area contributed by atoms with Gasteiger partial charge < -0.3 is 0 Å². The van der Waals surface area contributed by atoms with Gasteiger partial charge in [-0.05, 0) is 30.7 Å². The highest BCUT2D eigenvalue weighted by Crippen LogP contribution is 2.17. The average Bonchev–Trinajstić information content (AvgIpc) is 2.16. The van der Waals surface area contributed by atoms with Gasteiger partial charge in [-0.3, -0.25) is 4.98 Å². The van der Waals surface area contributed by atoms with Crippen molar-refractivity contribution in [1.29, 1.82) is 5.26 Å². The summed E-state index contributed by atoms with van der Waals surface area (Å²) < 4.78 is 0. The van der Waals surface area contributed by atoms with E-state index in [2.05, 4.69) is 11.1 Å². The molecular weight excluding hydrogens is 160 g/mol. The van der Waals surface area contributed by atoms with Gasteiger partial charge in [0.25, 0.3) is 0 Å². The van der Waals surface area contributed by atoms with Crippen molar-refractivity contribution in [3.63, 3.8) is 0 Å². The van der Waals surface area contributed by atoms with Gasteiger partial charge in [-0.2, -0.15) is 5.26 Å². The lowest BCUT2D eigenvalue weighted by molar-refractivity contribution is 1.37. The summed E-state index contributed by atoms with van der Waals surface area (Å²) in [5.41, 5.74) is 2.53. The zero-order valence-corrected chi connectivity index (χ0v) is 7.28. The predicted octanol–water partition coefficient (Wildman–Crippen LogP) is 2.41. The number of nitrogens with zero attached hydrogens (tertiary/aromatic N) is 2. The quantitative estimate of drug-likeness (QED) is 0.605. The molecule has 0 radical (unpaired) electrons. The van der Waals surface area contributed by atoms with Crippen LogP contribution >= 0.6 is 0 Å². The van der Waals surface area contributed by atoms with Gasteiger partial charge in [0, 0.05) is 11.6 Å². The highest BCUT2D eigenvalue weighted by atomic mass is 14.6. The number of aryl methyl sites for hydroxylation is 1. The number of pyridine rings is 1. The average molecular weight is 168 g/mol. The molecule has 0 aliphatic carbocycles. The number of aromatic nitrogens is 1. The molecule has 1 heterocycles. The summed E-state index contributed by atoms with van der Waals surface area (Å²) in [5, 5.41) is 9.90. The zero-order valence-electron chi connectivity index (χ0n) is 7.28. The summed E-state index contributed by atoms with van der Waals surface area (Å²) in [6.45, 7) is 1.98. The maximum absolute atomic E-state index is 8.87. The monoisotopic (exact) mass is 168 g/mol. The molecule has 0 amide bonds. The van der Waals surface area contributed by atoms with E-state index in [4.69, 9.17) is 5.26 Å². The molecule has 2 heteroatoms. The molecule has 0 bridgehead atoms. The Labute approximate surface area is 76.5 Å². The maximum atomic E-state index is 8.87. The molecule has 0 fully saturated rings. The minimum absolute atomic E-state index is 0.649. The SMILES string of the molecule is Cc1cc(C#N)c2ncccc2c1. The molecule has 0 N–H and O–H groups in total. The van der Waals surface area contributed by atoms with Crippen molar-refractivity contribution in [2.24, 2.45) is 0 Å². The lowest BCUT2D eigenvalue weighted by atomic mass is 10.1. The molecule has 62 valence electrons. The molecule has 2 nitrogen and oxygen atoms in total.